The van der Waals surface area contributed by atoms with Gasteiger partial charge in [0.15, 0.2) is 0 Å². The van der Waals surface area contributed by atoms with Crippen molar-refractivity contribution in [3.63, 3.8) is 0 Å². The number of fused-ring (bicyclic) bond motifs is 1. The number of carbonyl (C=O) groups excluding carboxylic acids is 1. The van der Waals surface area contributed by atoms with Gasteiger partial charge in [-0.15, -0.1) is 0 Å². The summed E-state index contributed by atoms with van der Waals surface area (Å²) in [7, 11) is 0. The topological polar surface area (TPSA) is 76.9 Å². The number of amides is 1. The lowest BCUT2D eigenvalue weighted by Crippen LogP contribution is -2.50. The average Bonchev–Trinajstić information content (AvgIpc) is 2.79. The number of nitrogens with zero attached hydrogens (tertiary/aromatic N) is 4. The number of aryl methyl sites for hydroxylation is 1. The zero-order valence-corrected chi connectivity index (χ0v) is 21.2. The van der Waals surface area contributed by atoms with Crippen LogP contribution in [0.25, 0.3) is 16.6 Å². The molecule has 0 unspecified atom stereocenters. The van der Waals surface area contributed by atoms with Crippen molar-refractivity contribution < 1.29 is 14.3 Å². The van der Waals surface area contributed by atoms with Gasteiger partial charge in [-0.3, -0.25) is 14.3 Å². The second-order valence-electron chi connectivity index (χ2n) is 9.83. The lowest BCUT2D eigenvalue weighted by molar-refractivity contribution is 0.0136. The standard InChI is InChI=1S/C27H34N4O4/c1-6-34-23-10-8-7-9-22(23)31-24(28-21-17-19(2)11-12-20(21)25(31)32)18-29-13-15-30(16-14-29)26(33)35-27(3,4)5/h7-12,17H,6,13-16,18H2,1-5H3. The van der Waals surface area contributed by atoms with Crippen LogP contribution in [0.2, 0.25) is 0 Å². The zero-order chi connectivity index (χ0) is 25.2. The van der Waals surface area contributed by atoms with Gasteiger partial charge in [0.2, 0.25) is 0 Å². The lowest BCUT2D eigenvalue weighted by Gasteiger charge is -2.35. The van der Waals surface area contributed by atoms with Crippen molar-refractivity contribution in [2.45, 2.75) is 46.8 Å². The maximum atomic E-state index is 13.7. The van der Waals surface area contributed by atoms with E-state index < -0.39 is 5.60 Å². The number of para-hydroxylation sites is 2. The predicted molar refractivity (Wildman–Crippen MR) is 136 cm³/mol. The largest absolute Gasteiger partial charge is 0.492 e. The Kier molecular flexibility index (Phi) is 7.12. The molecule has 0 bridgehead atoms. The molecule has 2 heterocycles. The van der Waals surface area contributed by atoms with E-state index in [1.807, 2.05) is 77.1 Å². The lowest BCUT2D eigenvalue weighted by atomic mass is 10.1. The molecule has 0 saturated carbocycles. The van der Waals surface area contributed by atoms with Crippen molar-refractivity contribution in [2.24, 2.45) is 0 Å². The van der Waals surface area contributed by atoms with Crippen LogP contribution in [0.4, 0.5) is 4.79 Å². The molecule has 0 radical (unpaired) electrons. The maximum absolute atomic E-state index is 13.7. The highest BCUT2D eigenvalue weighted by atomic mass is 16.6. The second kappa shape index (κ2) is 10.1. The molecule has 0 aliphatic carbocycles. The van der Waals surface area contributed by atoms with Gasteiger partial charge in [-0.1, -0.05) is 18.2 Å². The Morgan fingerprint density at radius 1 is 1.06 bits per heavy atom. The van der Waals surface area contributed by atoms with E-state index >= 15 is 0 Å². The molecule has 0 atom stereocenters. The van der Waals surface area contributed by atoms with E-state index in [1.54, 1.807) is 9.47 Å². The molecule has 1 aromatic heterocycles. The molecule has 1 fully saturated rings. The van der Waals surface area contributed by atoms with E-state index in [0.717, 1.165) is 5.56 Å². The number of piperazine rings is 1. The number of hydrogen-bond acceptors (Lipinski definition) is 6. The van der Waals surface area contributed by atoms with Crippen LogP contribution in [0.1, 0.15) is 39.1 Å². The highest BCUT2D eigenvalue weighted by molar-refractivity contribution is 5.79. The zero-order valence-electron chi connectivity index (χ0n) is 21.2. The molecule has 1 saturated heterocycles. The molecule has 35 heavy (non-hydrogen) atoms. The normalized spacial score (nSPS) is 14.8. The van der Waals surface area contributed by atoms with Gasteiger partial charge in [-0.2, -0.15) is 0 Å². The first-order valence-corrected chi connectivity index (χ1v) is 12.1. The molecular weight excluding hydrogens is 444 g/mol. The minimum Gasteiger partial charge on any atom is -0.492 e. The van der Waals surface area contributed by atoms with Gasteiger partial charge < -0.3 is 14.4 Å². The van der Waals surface area contributed by atoms with Crippen molar-refractivity contribution >= 4 is 17.0 Å². The molecule has 186 valence electrons. The van der Waals surface area contributed by atoms with E-state index in [1.165, 1.54) is 0 Å². The number of benzene rings is 2. The first-order chi connectivity index (χ1) is 16.7. The smallest absolute Gasteiger partial charge is 0.410 e. The highest BCUT2D eigenvalue weighted by Crippen LogP contribution is 2.24. The maximum Gasteiger partial charge on any atom is 0.410 e. The summed E-state index contributed by atoms with van der Waals surface area (Å²) in [4.78, 5) is 35.0. The Morgan fingerprint density at radius 3 is 2.46 bits per heavy atom. The molecule has 8 nitrogen and oxygen atoms in total. The van der Waals surface area contributed by atoms with Gasteiger partial charge in [-0.25, -0.2) is 9.78 Å². The Labute approximate surface area is 206 Å². The van der Waals surface area contributed by atoms with Gasteiger partial charge in [0.1, 0.15) is 17.2 Å². The van der Waals surface area contributed by atoms with Crippen LogP contribution in [0.3, 0.4) is 0 Å². The third-order valence-corrected chi connectivity index (χ3v) is 5.89. The fraction of sp³-hybridized carbons (Fsp3) is 0.444. The van der Waals surface area contributed by atoms with Gasteiger partial charge in [0, 0.05) is 26.2 Å². The van der Waals surface area contributed by atoms with Crippen LogP contribution in [0.5, 0.6) is 5.75 Å². The van der Waals surface area contributed by atoms with Crippen molar-refractivity contribution in [3.8, 4) is 11.4 Å². The molecule has 1 amide bonds. The van der Waals surface area contributed by atoms with E-state index in [2.05, 4.69) is 4.90 Å². The van der Waals surface area contributed by atoms with Crippen LogP contribution in [0, 0.1) is 6.92 Å². The Morgan fingerprint density at radius 2 is 1.77 bits per heavy atom. The van der Waals surface area contributed by atoms with Crippen LogP contribution in [0.15, 0.2) is 47.3 Å². The summed E-state index contributed by atoms with van der Waals surface area (Å²) in [6.45, 7) is 12.9. The van der Waals surface area contributed by atoms with Crippen molar-refractivity contribution in [1.82, 2.24) is 19.4 Å². The Bertz CT molecular complexity index is 1270. The quantitative estimate of drug-likeness (QED) is 0.548. The minimum atomic E-state index is -0.522. The van der Waals surface area contributed by atoms with Gasteiger partial charge >= 0.3 is 6.09 Å². The molecule has 0 spiro atoms. The van der Waals surface area contributed by atoms with E-state index in [0.29, 0.717) is 67.5 Å². The van der Waals surface area contributed by atoms with Crippen LogP contribution >= 0.6 is 0 Å². The number of ether oxygens (including phenoxy) is 2. The minimum absolute atomic E-state index is 0.121. The van der Waals surface area contributed by atoms with Gasteiger partial charge in [0.05, 0.1) is 29.7 Å². The number of hydrogen-bond donors (Lipinski definition) is 0. The summed E-state index contributed by atoms with van der Waals surface area (Å²) in [5.74, 6) is 1.28. The summed E-state index contributed by atoms with van der Waals surface area (Å²) >= 11 is 0. The van der Waals surface area contributed by atoms with Crippen molar-refractivity contribution in [3.05, 3.63) is 64.2 Å². The van der Waals surface area contributed by atoms with E-state index in [9.17, 15) is 9.59 Å². The summed E-state index contributed by atoms with van der Waals surface area (Å²) in [6, 6.07) is 13.3. The molecule has 8 heteroatoms. The first-order valence-electron chi connectivity index (χ1n) is 12.1. The fourth-order valence-electron chi connectivity index (χ4n) is 4.23. The van der Waals surface area contributed by atoms with E-state index in [-0.39, 0.29) is 11.7 Å². The summed E-state index contributed by atoms with van der Waals surface area (Å²) < 4.78 is 13.0. The average molecular weight is 479 g/mol. The molecule has 1 aliphatic rings. The molecule has 1 aliphatic heterocycles. The summed E-state index contributed by atoms with van der Waals surface area (Å²) in [5, 5.41) is 0.570. The van der Waals surface area contributed by atoms with Gasteiger partial charge in [-0.05, 0) is 64.4 Å². The number of carbonyl (C=O) groups is 1. The van der Waals surface area contributed by atoms with E-state index in [4.69, 9.17) is 14.5 Å². The first kappa shape index (κ1) is 24.7. The second-order valence-corrected chi connectivity index (χ2v) is 9.83. The predicted octanol–water partition coefficient (Wildman–Crippen LogP) is 4.15. The molecule has 4 rings (SSSR count). The molecule has 3 aromatic rings. The Hall–Kier alpha value is -3.39. The highest BCUT2D eigenvalue weighted by Gasteiger charge is 2.27. The third-order valence-electron chi connectivity index (χ3n) is 5.89. The molecular formula is C27H34N4O4. The molecule has 2 aromatic carbocycles. The van der Waals surface area contributed by atoms with Crippen molar-refractivity contribution in [2.75, 3.05) is 32.8 Å². The van der Waals surface area contributed by atoms with Crippen LogP contribution < -0.4 is 10.3 Å². The van der Waals surface area contributed by atoms with Crippen LogP contribution in [-0.2, 0) is 11.3 Å². The van der Waals surface area contributed by atoms with Crippen molar-refractivity contribution in [1.29, 1.82) is 0 Å². The third kappa shape index (κ3) is 5.65. The molecule has 0 N–H and O–H groups in total. The Balaban J connectivity index is 1.67. The van der Waals surface area contributed by atoms with Gasteiger partial charge in [0.25, 0.3) is 5.56 Å². The summed E-state index contributed by atoms with van der Waals surface area (Å²) in [6.07, 6.45) is -0.293. The fourth-order valence-corrected chi connectivity index (χ4v) is 4.23. The SMILES string of the molecule is CCOc1ccccc1-n1c(CN2CCN(C(=O)OC(C)(C)C)CC2)nc2cc(C)ccc2c1=O. The van der Waals surface area contributed by atoms with Crippen LogP contribution in [-0.4, -0.2) is 63.8 Å². The summed E-state index contributed by atoms with van der Waals surface area (Å²) in [5.41, 5.74) is 1.77. The number of rotatable bonds is 5. The number of aromatic nitrogens is 2. The monoisotopic (exact) mass is 478 g/mol.